The average molecular weight is 260 g/mol. The Balaban J connectivity index is 1.85. The Bertz CT molecular complexity index is 538. The average Bonchev–Trinajstić information content (AvgIpc) is 2.98. The highest BCUT2D eigenvalue weighted by Gasteiger charge is 2.20. The van der Waals surface area contributed by atoms with E-state index in [1.54, 1.807) is 0 Å². The van der Waals surface area contributed by atoms with Gasteiger partial charge in [0.1, 0.15) is 0 Å². The summed E-state index contributed by atoms with van der Waals surface area (Å²) in [5, 5.41) is 0. The van der Waals surface area contributed by atoms with Crippen molar-refractivity contribution in [2.45, 2.75) is 45.2 Å². The Morgan fingerprint density at radius 2 is 2.17 bits per heavy atom. The van der Waals surface area contributed by atoms with Gasteiger partial charge in [0.25, 0.3) is 0 Å². The van der Waals surface area contributed by atoms with Crippen LogP contribution < -0.4 is 5.73 Å². The first-order valence-electron chi connectivity index (χ1n) is 6.79. The zero-order valence-corrected chi connectivity index (χ0v) is 11.7. The molecule has 0 saturated carbocycles. The summed E-state index contributed by atoms with van der Waals surface area (Å²) in [6.07, 6.45) is 6.89. The number of aryl methyl sites for hydroxylation is 1. The lowest BCUT2D eigenvalue weighted by molar-refractivity contribution is 0.548. The molecule has 1 unspecified atom stereocenters. The third-order valence-electron chi connectivity index (χ3n) is 3.83. The number of thiophene rings is 1. The Kier molecular flexibility index (Phi) is 3.27. The molecule has 1 atom stereocenters. The second-order valence-corrected chi connectivity index (χ2v) is 6.32. The molecule has 3 heteroatoms. The molecule has 2 N–H and O–H groups in total. The highest BCUT2D eigenvalue weighted by Crippen LogP contribution is 2.29. The van der Waals surface area contributed by atoms with Crippen LogP contribution in [0.1, 0.15) is 46.8 Å². The second kappa shape index (κ2) is 4.90. The van der Waals surface area contributed by atoms with Crippen molar-refractivity contribution in [3.63, 3.8) is 0 Å². The number of aromatic nitrogens is 1. The lowest BCUT2D eigenvalue weighted by Gasteiger charge is -2.20. The SMILES string of the molecule is CCc1ccc(Cn2ccc3c2CCCC3N)s1. The maximum Gasteiger partial charge on any atom is 0.0566 e. The minimum atomic E-state index is 0.254. The summed E-state index contributed by atoms with van der Waals surface area (Å²) in [5.41, 5.74) is 9.00. The second-order valence-electron chi connectivity index (χ2n) is 5.07. The monoisotopic (exact) mass is 260 g/mol. The van der Waals surface area contributed by atoms with Gasteiger partial charge < -0.3 is 10.3 Å². The van der Waals surface area contributed by atoms with E-state index in [4.69, 9.17) is 5.73 Å². The van der Waals surface area contributed by atoms with Crippen molar-refractivity contribution in [2.75, 3.05) is 0 Å². The third kappa shape index (κ3) is 2.13. The maximum absolute atomic E-state index is 6.17. The predicted molar refractivity (Wildman–Crippen MR) is 77.1 cm³/mol. The van der Waals surface area contributed by atoms with E-state index in [0.717, 1.165) is 19.4 Å². The van der Waals surface area contributed by atoms with Crippen molar-refractivity contribution in [3.05, 3.63) is 45.4 Å². The summed E-state index contributed by atoms with van der Waals surface area (Å²) in [6, 6.07) is 6.98. The van der Waals surface area contributed by atoms with Crippen LogP contribution in [0.5, 0.6) is 0 Å². The van der Waals surface area contributed by atoms with Crippen molar-refractivity contribution < 1.29 is 0 Å². The van der Waals surface area contributed by atoms with Crippen LogP contribution in [0.2, 0.25) is 0 Å². The molecule has 1 aliphatic rings. The van der Waals surface area contributed by atoms with Crippen LogP contribution >= 0.6 is 11.3 Å². The zero-order valence-electron chi connectivity index (χ0n) is 10.9. The first-order valence-corrected chi connectivity index (χ1v) is 7.60. The molecule has 2 aromatic heterocycles. The van der Waals surface area contributed by atoms with E-state index in [2.05, 4.69) is 35.9 Å². The Morgan fingerprint density at radius 1 is 1.33 bits per heavy atom. The normalized spacial score (nSPS) is 18.9. The topological polar surface area (TPSA) is 30.9 Å². The van der Waals surface area contributed by atoms with Crippen LogP contribution in [-0.4, -0.2) is 4.57 Å². The Hall–Kier alpha value is -1.06. The number of hydrogen-bond acceptors (Lipinski definition) is 2. The largest absolute Gasteiger partial charge is 0.346 e. The molecule has 0 radical (unpaired) electrons. The molecule has 0 aromatic carbocycles. The molecule has 2 heterocycles. The van der Waals surface area contributed by atoms with Crippen LogP contribution in [0.25, 0.3) is 0 Å². The van der Waals surface area contributed by atoms with Gasteiger partial charge in [-0.3, -0.25) is 0 Å². The zero-order chi connectivity index (χ0) is 12.5. The molecule has 0 saturated heterocycles. The first kappa shape index (κ1) is 12.0. The standard InChI is InChI=1S/C15H20N2S/c1-2-11-6-7-12(18-11)10-17-9-8-13-14(16)4-3-5-15(13)17/h6-9,14H,2-5,10,16H2,1H3. The van der Waals surface area contributed by atoms with Crippen LogP contribution in [0.3, 0.4) is 0 Å². The number of rotatable bonds is 3. The number of nitrogens with two attached hydrogens (primary N) is 1. The van der Waals surface area contributed by atoms with E-state index in [1.807, 2.05) is 11.3 Å². The van der Waals surface area contributed by atoms with Gasteiger partial charge in [-0.25, -0.2) is 0 Å². The van der Waals surface area contributed by atoms with E-state index in [1.165, 1.54) is 33.9 Å². The van der Waals surface area contributed by atoms with Crippen LogP contribution in [0.4, 0.5) is 0 Å². The first-order chi connectivity index (χ1) is 8.78. The summed E-state index contributed by atoms with van der Waals surface area (Å²) >= 11 is 1.93. The van der Waals surface area contributed by atoms with Gasteiger partial charge in [0.2, 0.25) is 0 Å². The summed E-state index contributed by atoms with van der Waals surface area (Å²) in [6.45, 7) is 3.22. The fourth-order valence-electron chi connectivity index (χ4n) is 2.81. The Labute approximate surface area is 112 Å². The summed E-state index contributed by atoms with van der Waals surface area (Å²) in [5.74, 6) is 0. The highest BCUT2D eigenvalue weighted by molar-refractivity contribution is 7.11. The molecule has 18 heavy (non-hydrogen) atoms. The molecule has 1 aliphatic carbocycles. The summed E-state index contributed by atoms with van der Waals surface area (Å²) in [7, 11) is 0. The number of hydrogen-bond donors (Lipinski definition) is 1. The van der Waals surface area contributed by atoms with E-state index >= 15 is 0 Å². The van der Waals surface area contributed by atoms with Gasteiger partial charge in [-0.05, 0) is 49.4 Å². The van der Waals surface area contributed by atoms with Gasteiger partial charge in [0.15, 0.2) is 0 Å². The maximum atomic E-state index is 6.17. The molecular weight excluding hydrogens is 240 g/mol. The predicted octanol–water partition coefficient (Wildman–Crippen LogP) is 3.50. The van der Waals surface area contributed by atoms with Gasteiger partial charge in [-0.2, -0.15) is 0 Å². The molecular formula is C15H20N2S. The van der Waals surface area contributed by atoms with Gasteiger partial charge in [0, 0.05) is 27.7 Å². The van der Waals surface area contributed by atoms with Crippen molar-refractivity contribution >= 4 is 11.3 Å². The molecule has 3 rings (SSSR count). The smallest absolute Gasteiger partial charge is 0.0566 e. The molecule has 0 aliphatic heterocycles. The quantitative estimate of drug-likeness (QED) is 0.899. The van der Waals surface area contributed by atoms with Crippen LogP contribution in [0.15, 0.2) is 24.4 Å². The van der Waals surface area contributed by atoms with Crippen molar-refractivity contribution in [1.82, 2.24) is 4.57 Å². The lowest BCUT2D eigenvalue weighted by atomic mass is 9.94. The molecule has 96 valence electrons. The van der Waals surface area contributed by atoms with Gasteiger partial charge in [-0.15, -0.1) is 11.3 Å². The van der Waals surface area contributed by atoms with Gasteiger partial charge >= 0.3 is 0 Å². The third-order valence-corrected chi connectivity index (χ3v) is 5.05. The number of nitrogens with zero attached hydrogens (tertiary/aromatic N) is 1. The van der Waals surface area contributed by atoms with E-state index in [0.29, 0.717) is 0 Å². The molecule has 2 nitrogen and oxygen atoms in total. The highest BCUT2D eigenvalue weighted by atomic mass is 32.1. The minimum Gasteiger partial charge on any atom is -0.346 e. The van der Waals surface area contributed by atoms with E-state index in [9.17, 15) is 0 Å². The van der Waals surface area contributed by atoms with E-state index in [-0.39, 0.29) is 6.04 Å². The molecule has 0 bridgehead atoms. The molecule has 0 fully saturated rings. The van der Waals surface area contributed by atoms with Crippen LogP contribution in [-0.2, 0) is 19.4 Å². The molecule has 0 spiro atoms. The van der Waals surface area contributed by atoms with Gasteiger partial charge in [0.05, 0.1) is 6.54 Å². The van der Waals surface area contributed by atoms with Crippen molar-refractivity contribution in [1.29, 1.82) is 0 Å². The van der Waals surface area contributed by atoms with E-state index < -0.39 is 0 Å². The van der Waals surface area contributed by atoms with Crippen molar-refractivity contribution in [3.8, 4) is 0 Å². The Morgan fingerprint density at radius 3 is 2.94 bits per heavy atom. The summed E-state index contributed by atoms with van der Waals surface area (Å²) < 4.78 is 2.39. The lowest BCUT2D eigenvalue weighted by Crippen LogP contribution is -2.18. The van der Waals surface area contributed by atoms with Crippen molar-refractivity contribution in [2.24, 2.45) is 5.73 Å². The molecule has 2 aromatic rings. The fraction of sp³-hybridized carbons (Fsp3) is 0.467. The number of fused-ring (bicyclic) bond motifs is 1. The van der Waals surface area contributed by atoms with Crippen LogP contribution in [0, 0.1) is 0 Å². The minimum absolute atomic E-state index is 0.254. The summed E-state index contributed by atoms with van der Waals surface area (Å²) in [4.78, 5) is 2.92. The van der Waals surface area contributed by atoms with Gasteiger partial charge in [-0.1, -0.05) is 6.92 Å². The fourth-order valence-corrected chi connectivity index (χ4v) is 3.76. The molecule has 0 amide bonds.